The summed E-state index contributed by atoms with van der Waals surface area (Å²) >= 11 is 6.36. The van der Waals surface area contributed by atoms with Crippen LogP contribution >= 0.6 is 11.6 Å². The third kappa shape index (κ3) is 8.12. The number of rotatable bonds is 15. The molecule has 226 valence electrons. The molecule has 4 amide bonds. The molecule has 2 aromatic carbocycles. The second-order valence-corrected chi connectivity index (χ2v) is 11.6. The number of nitrogens with zero attached hydrogens (tertiary/aromatic N) is 2. The first-order valence-corrected chi connectivity index (χ1v) is 15.8. The number of carbonyl (C=O) groups excluding carboxylic acids is 4. The SMILES string of the molecule is CCCCCCCCCCCCCC(=O)Nc1ccc(Cl)c(N2C(=O)OC(C(=O)N3CCCc4ccccc43)C2=O)c1. The summed E-state index contributed by atoms with van der Waals surface area (Å²) in [6, 6.07) is 12.1. The van der Waals surface area contributed by atoms with Crippen LogP contribution in [0.5, 0.6) is 0 Å². The van der Waals surface area contributed by atoms with Crippen molar-refractivity contribution in [3.8, 4) is 0 Å². The van der Waals surface area contributed by atoms with Crippen LogP contribution in [0.2, 0.25) is 5.02 Å². The molecule has 2 aliphatic rings. The number of unbranched alkanes of at least 4 members (excludes halogenated alkanes) is 10. The molecule has 1 fully saturated rings. The summed E-state index contributed by atoms with van der Waals surface area (Å²) in [5, 5.41) is 2.96. The molecule has 42 heavy (non-hydrogen) atoms. The number of nitrogens with one attached hydrogen (secondary N) is 1. The Balaban J connectivity index is 1.27. The summed E-state index contributed by atoms with van der Waals surface area (Å²) in [4.78, 5) is 54.3. The van der Waals surface area contributed by atoms with Crippen molar-refractivity contribution in [3.05, 3.63) is 53.1 Å². The Morgan fingerprint density at radius 3 is 2.29 bits per heavy atom. The van der Waals surface area contributed by atoms with Crippen LogP contribution in [0.25, 0.3) is 0 Å². The molecule has 2 aromatic rings. The molecular formula is C33H42ClN3O5. The predicted octanol–water partition coefficient (Wildman–Crippen LogP) is 7.81. The van der Waals surface area contributed by atoms with Gasteiger partial charge in [0.25, 0.3) is 17.9 Å². The van der Waals surface area contributed by atoms with Crippen LogP contribution in [-0.2, 0) is 25.5 Å². The summed E-state index contributed by atoms with van der Waals surface area (Å²) in [7, 11) is 0. The molecule has 0 spiro atoms. The Kier molecular flexibility index (Phi) is 11.8. The standard InChI is InChI=1S/C33H42ClN3O5/c1-2-3-4-5-6-7-8-9-10-11-12-19-29(38)35-25-20-21-26(34)28(23-25)37-32(40)30(42-33(37)41)31(39)36-22-15-17-24-16-13-14-18-27(24)36/h13-14,16,18,20-21,23,30H,2-12,15,17,19,22H2,1H3,(H,35,38). The topological polar surface area (TPSA) is 96.0 Å². The van der Waals surface area contributed by atoms with Gasteiger partial charge in [-0.05, 0) is 49.1 Å². The fraction of sp³-hybridized carbons (Fsp3) is 0.515. The number of anilines is 3. The van der Waals surface area contributed by atoms with Crippen LogP contribution in [0.1, 0.15) is 96.0 Å². The van der Waals surface area contributed by atoms with E-state index in [1.807, 2.05) is 24.3 Å². The molecule has 0 aliphatic carbocycles. The van der Waals surface area contributed by atoms with Crippen molar-refractivity contribution in [3.63, 3.8) is 0 Å². The van der Waals surface area contributed by atoms with E-state index in [0.29, 0.717) is 18.7 Å². The molecule has 1 unspecified atom stereocenters. The van der Waals surface area contributed by atoms with Crippen LogP contribution in [0.4, 0.5) is 21.9 Å². The van der Waals surface area contributed by atoms with Gasteiger partial charge in [0.2, 0.25) is 5.91 Å². The first-order valence-electron chi connectivity index (χ1n) is 15.4. The van der Waals surface area contributed by atoms with Gasteiger partial charge in [0.1, 0.15) is 0 Å². The van der Waals surface area contributed by atoms with Gasteiger partial charge < -0.3 is 15.0 Å². The first-order chi connectivity index (χ1) is 20.4. The summed E-state index contributed by atoms with van der Waals surface area (Å²) < 4.78 is 5.27. The maximum Gasteiger partial charge on any atom is 0.422 e. The molecule has 4 rings (SSSR count). The van der Waals surface area contributed by atoms with Crippen molar-refractivity contribution in [1.82, 2.24) is 0 Å². The highest BCUT2D eigenvalue weighted by Crippen LogP contribution is 2.34. The van der Waals surface area contributed by atoms with Crippen molar-refractivity contribution in [2.75, 3.05) is 21.7 Å². The third-order valence-corrected chi connectivity index (χ3v) is 8.24. The minimum absolute atomic E-state index is 0.0634. The van der Waals surface area contributed by atoms with E-state index in [0.717, 1.165) is 48.3 Å². The highest BCUT2D eigenvalue weighted by molar-refractivity contribution is 6.36. The molecule has 2 heterocycles. The molecule has 0 radical (unpaired) electrons. The summed E-state index contributed by atoms with van der Waals surface area (Å²) in [6.07, 6.45) is 12.6. The summed E-state index contributed by atoms with van der Waals surface area (Å²) in [6.45, 7) is 2.66. The zero-order valence-corrected chi connectivity index (χ0v) is 25.3. The number of halogens is 1. The zero-order valence-electron chi connectivity index (χ0n) is 24.5. The number of ether oxygens (including phenoxy) is 1. The number of benzene rings is 2. The van der Waals surface area contributed by atoms with E-state index in [9.17, 15) is 19.2 Å². The van der Waals surface area contributed by atoms with Crippen molar-refractivity contribution in [1.29, 1.82) is 0 Å². The summed E-state index contributed by atoms with van der Waals surface area (Å²) in [5.74, 6) is -1.54. The minimum atomic E-state index is -1.60. The molecule has 0 saturated carbocycles. The van der Waals surface area contributed by atoms with Gasteiger partial charge in [-0.2, -0.15) is 0 Å². The lowest BCUT2D eigenvalue weighted by molar-refractivity contribution is -0.134. The van der Waals surface area contributed by atoms with Gasteiger partial charge in [0, 0.05) is 24.3 Å². The second kappa shape index (κ2) is 15.7. The third-order valence-electron chi connectivity index (χ3n) is 7.92. The van der Waals surface area contributed by atoms with Gasteiger partial charge in [-0.15, -0.1) is 0 Å². The van der Waals surface area contributed by atoms with Crippen LogP contribution < -0.4 is 15.1 Å². The van der Waals surface area contributed by atoms with E-state index in [1.165, 1.54) is 68.4 Å². The van der Waals surface area contributed by atoms with Crippen LogP contribution in [0, 0.1) is 0 Å². The summed E-state index contributed by atoms with van der Waals surface area (Å²) in [5.41, 5.74) is 2.19. The lowest BCUT2D eigenvalue weighted by atomic mass is 10.0. The monoisotopic (exact) mass is 595 g/mol. The first kappa shape index (κ1) is 31.5. The number of imide groups is 1. The Morgan fingerprint density at radius 1 is 0.905 bits per heavy atom. The fourth-order valence-corrected chi connectivity index (χ4v) is 5.83. The van der Waals surface area contributed by atoms with Crippen molar-refractivity contribution >= 4 is 52.5 Å². The number of amides is 4. The predicted molar refractivity (Wildman–Crippen MR) is 166 cm³/mol. The van der Waals surface area contributed by atoms with Crippen molar-refractivity contribution in [2.24, 2.45) is 0 Å². The fourth-order valence-electron chi connectivity index (χ4n) is 5.62. The largest absolute Gasteiger partial charge is 0.425 e. The molecule has 0 aromatic heterocycles. The number of aryl methyl sites for hydroxylation is 1. The second-order valence-electron chi connectivity index (χ2n) is 11.2. The van der Waals surface area contributed by atoms with E-state index in [-0.39, 0.29) is 16.6 Å². The molecule has 9 heteroatoms. The van der Waals surface area contributed by atoms with Crippen LogP contribution in [0.15, 0.2) is 42.5 Å². The zero-order chi connectivity index (χ0) is 29.9. The number of para-hydroxylation sites is 1. The number of hydrogen-bond acceptors (Lipinski definition) is 5. The highest BCUT2D eigenvalue weighted by atomic mass is 35.5. The average molecular weight is 596 g/mol. The number of cyclic esters (lactones) is 1. The number of hydrogen-bond donors (Lipinski definition) is 1. The van der Waals surface area contributed by atoms with E-state index in [4.69, 9.17) is 16.3 Å². The molecule has 1 atom stereocenters. The van der Waals surface area contributed by atoms with Crippen molar-refractivity contribution in [2.45, 2.75) is 103 Å². The average Bonchev–Trinajstić information content (AvgIpc) is 3.29. The van der Waals surface area contributed by atoms with Gasteiger partial charge in [0.05, 0.1) is 10.7 Å². The maximum absolute atomic E-state index is 13.4. The lowest BCUT2D eigenvalue weighted by Crippen LogP contribution is -2.46. The van der Waals surface area contributed by atoms with E-state index < -0.39 is 24.0 Å². The van der Waals surface area contributed by atoms with Gasteiger partial charge in [-0.1, -0.05) is 101 Å². The van der Waals surface area contributed by atoms with Gasteiger partial charge >= 0.3 is 6.09 Å². The molecule has 0 bridgehead atoms. The van der Waals surface area contributed by atoms with E-state index in [1.54, 1.807) is 6.07 Å². The minimum Gasteiger partial charge on any atom is -0.425 e. The lowest BCUT2D eigenvalue weighted by Gasteiger charge is -2.30. The van der Waals surface area contributed by atoms with Crippen LogP contribution in [0.3, 0.4) is 0 Å². The van der Waals surface area contributed by atoms with E-state index >= 15 is 0 Å². The Morgan fingerprint density at radius 2 is 1.57 bits per heavy atom. The maximum atomic E-state index is 13.4. The van der Waals surface area contributed by atoms with Gasteiger partial charge in [-0.25, -0.2) is 9.69 Å². The molecule has 2 aliphatic heterocycles. The molecule has 8 nitrogen and oxygen atoms in total. The van der Waals surface area contributed by atoms with Gasteiger partial charge in [0.15, 0.2) is 0 Å². The van der Waals surface area contributed by atoms with E-state index in [2.05, 4.69) is 12.2 Å². The highest BCUT2D eigenvalue weighted by Gasteiger charge is 2.48. The molecule has 1 saturated heterocycles. The van der Waals surface area contributed by atoms with Crippen LogP contribution in [-0.4, -0.2) is 36.5 Å². The quantitative estimate of drug-likeness (QED) is 0.167. The Bertz CT molecular complexity index is 1270. The smallest absolute Gasteiger partial charge is 0.422 e. The molecular weight excluding hydrogens is 554 g/mol. The van der Waals surface area contributed by atoms with Crippen molar-refractivity contribution < 1.29 is 23.9 Å². The van der Waals surface area contributed by atoms with Gasteiger partial charge in [-0.3, -0.25) is 14.4 Å². The molecule has 1 N–H and O–H groups in total. The Labute approximate surface area is 253 Å². The normalized spacial score (nSPS) is 16.4. The number of fused-ring (bicyclic) bond motifs is 1. The number of carbonyl (C=O) groups is 4. The Hall–Kier alpha value is -3.39.